The number of amides is 2. The standard InChI is InChI=1S/C10H20N2O/c1-4-7-8-9-11-10(13)12(5-2)6-3/h4,7H,5-6,8-9H2,1-3H3,(H,11,13)/b7-4+. The molecule has 0 aliphatic heterocycles. The van der Waals surface area contributed by atoms with Crippen LogP contribution in [0.5, 0.6) is 0 Å². The molecule has 0 fully saturated rings. The van der Waals surface area contributed by atoms with E-state index in [9.17, 15) is 4.79 Å². The molecule has 0 spiro atoms. The minimum Gasteiger partial charge on any atom is -0.338 e. The summed E-state index contributed by atoms with van der Waals surface area (Å²) >= 11 is 0. The van der Waals surface area contributed by atoms with Gasteiger partial charge in [0, 0.05) is 19.6 Å². The average Bonchev–Trinajstić information content (AvgIpc) is 2.14. The summed E-state index contributed by atoms with van der Waals surface area (Å²) in [5.74, 6) is 0. The van der Waals surface area contributed by atoms with Crippen molar-refractivity contribution in [2.75, 3.05) is 19.6 Å². The quantitative estimate of drug-likeness (QED) is 0.514. The van der Waals surface area contributed by atoms with E-state index in [2.05, 4.69) is 5.32 Å². The molecule has 0 aromatic rings. The predicted octanol–water partition coefficient (Wildman–Crippen LogP) is 2.00. The van der Waals surface area contributed by atoms with E-state index in [1.165, 1.54) is 0 Å². The van der Waals surface area contributed by atoms with Crippen molar-refractivity contribution >= 4 is 6.03 Å². The van der Waals surface area contributed by atoms with Crippen molar-refractivity contribution < 1.29 is 4.79 Å². The largest absolute Gasteiger partial charge is 0.338 e. The Hall–Kier alpha value is -0.990. The Kier molecular flexibility index (Phi) is 7.07. The molecule has 0 aliphatic carbocycles. The third-order valence-electron chi connectivity index (χ3n) is 1.87. The van der Waals surface area contributed by atoms with Crippen molar-refractivity contribution in [3.05, 3.63) is 12.2 Å². The van der Waals surface area contributed by atoms with Gasteiger partial charge in [0.15, 0.2) is 0 Å². The van der Waals surface area contributed by atoms with E-state index in [0.29, 0.717) is 0 Å². The molecule has 0 saturated heterocycles. The normalized spacial score (nSPS) is 10.4. The van der Waals surface area contributed by atoms with Gasteiger partial charge < -0.3 is 10.2 Å². The molecule has 0 aromatic carbocycles. The second kappa shape index (κ2) is 7.65. The predicted molar refractivity (Wildman–Crippen MR) is 55.8 cm³/mol. The van der Waals surface area contributed by atoms with Crippen molar-refractivity contribution in [2.45, 2.75) is 27.2 Å². The molecular weight excluding hydrogens is 164 g/mol. The number of carbonyl (C=O) groups is 1. The van der Waals surface area contributed by atoms with Crippen LogP contribution < -0.4 is 5.32 Å². The van der Waals surface area contributed by atoms with Gasteiger partial charge in [-0.15, -0.1) is 0 Å². The lowest BCUT2D eigenvalue weighted by atomic mass is 10.4. The van der Waals surface area contributed by atoms with Crippen LogP contribution in [0.4, 0.5) is 4.79 Å². The maximum Gasteiger partial charge on any atom is 0.317 e. The Labute approximate surface area is 80.8 Å². The van der Waals surface area contributed by atoms with E-state index >= 15 is 0 Å². The van der Waals surface area contributed by atoms with E-state index in [4.69, 9.17) is 0 Å². The van der Waals surface area contributed by atoms with Crippen molar-refractivity contribution in [3.8, 4) is 0 Å². The van der Waals surface area contributed by atoms with E-state index in [-0.39, 0.29) is 6.03 Å². The number of allylic oxidation sites excluding steroid dienone is 1. The number of nitrogens with zero attached hydrogens (tertiary/aromatic N) is 1. The fourth-order valence-electron chi connectivity index (χ4n) is 1.05. The molecule has 0 aromatic heterocycles. The molecule has 0 aliphatic rings. The van der Waals surface area contributed by atoms with Gasteiger partial charge in [-0.2, -0.15) is 0 Å². The Bertz CT molecular complexity index is 162. The van der Waals surface area contributed by atoms with Crippen molar-refractivity contribution in [3.63, 3.8) is 0 Å². The van der Waals surface area contributed by atoms with Crippen LogP contribution in [0.3, 0.4) is 0 Å². The summed E-state index contributed by atoms with van der Waals surface area (Å²) < 4.78 is 0. The zero-order valence-electron chi connectivity index (χ0n) is 8.84. The van der Waals surface area contributed by atoms with Crippen LogP contribution >= 0.6 is 0 Å². The summed E-state index contributed by atoms with van der Waals surface area (Å²) in [7, 11) is 0. The topological polar surface area (TPSA) is 32.3 Å². The molecular formula is C10H20N2O. The lowest BCUT2D eigenvalue weighted by molar-refractivity contribution is 0.203. The van der Waals surface area contributed by atoms with Gasteiger partial charge >= 0.3 is 6.03 Å². The Morgan fingerprint density at radius 1 is 1.38 bits per heavy atom. The van der Waals surface area contributed by atoms with Gasteiger partial charge in [0.05, 0.1) is 0 Å². The third-order valence-corrected chi connectivity index (χ3v) is 1.87. The number of hydrogen-bond acceptors (Lipinski definition) is 1. The van der Waals surface area contributed by atoms with Crippen LogP contribution in [0.25, 0.3) is 0 Å². The lowest BCUT2D eigenvalue weighted by Gasteiger charge is -2.18. The zero-order chi connectivity index (χ0) is 10.1. The second-order valence-electron chi connectivity index (χ2n) is 2.76. The number of carbonyl (C=O) groups excluding carboxylic acids is 1. The van der Waals surface area contributed by atoms with Crippen LogP contribution in [0.1, 0.15) is 27.2 Å². The van der Waals surface area contributed by atoms with Crippen LogP contribution in [0, 0.1) is 0 Å². The van der Waals surface area contributed by atoms with Gasteiger partial charge in [-0.1, -0.05) is 12.2 Å². The summed E-state index contributed by atoms with van der Waals surface area (Å²) in [5, 5.41) is 2.86. The number of rotatable bonds is 5. The molecule has 0 saturated carbocycles. The summed E-state index contributed by atoms with van der Waals surface area (Å²) in [5.41, 5.74) is 0. The summed E-state index contributed by atoms with van der Waals surface area (Å²) in [6.45, 7) is 8.20. The highest BCUT2D eigenvalue weighted by Crippen LogP contribution is 1.88. The highest BCUT2D eigenvalue weighted by atomic mass is 16.2. The summed E-state index contributed by atoms with van der Waals surface area (Å²) in [4.78, 5) is 13.1. The van der Waals surface area contributed by atoms with Crippen molar-refractivity contribution in [1.29, 1.82) is 0 Å². The first kappa shape index (κ1) is 12.0. The van der Waals surface area contributed by atoms with E-state index in [0.717, 1.165) is 26.1 Å². The Morgan fingerprint density at radius 2 is 2.00 bits per heavy atom. The molecule has 0 unspecified atom stereocenters. The van der Waals surface area contributed by atoms with Gasteiger partial charge in [0.1, 0.15) is 0 Å². The van der Waals surface area contributed by atoms with Gasteiger partial charge in [0.2, 0.25) is 0 Å². The molecule has 1 N–H and O–H groups in total. The first-order valence-electron chi connectivity index (χ1n) is 4.90. The third kappa shape index (κ3) is 5.28. The van der Waals surface area contributed by atoms with E-state index in [1.54, 1.807) is 4.90 Å². The first-order chi connectivity index (χ1) is 6.26. The molecule has 0 atom stereocenters. The fourth-order valence-corrected chi connectivity index (χ4v) is 1.05. The molecule has 76 valence electrons. The monoisotopic (exact) mass is 184 g/mol. The van der Waals surface area contributed by atoms with Crippen LogP contribution in [-0.2, 0) is 0 Å². The number of urea groups is 1. The first-order valence-corrected chi connectivity index (χ1v) is 4.90. The maximum atomic E-state index is 11.4. The van der Waals surface area contributed by atoms with Crippen LogP contribution in [-0.4, -0.2) is 30.6 Å². The van der Waals surface area contributed by atoms with Gasteiger partial charge in [-0.25, -0.2) is 4.79 Å². The molecule has 3 nitrogen and oxygen atoms in total. The molecule has 0 heterocycles. The number of hydrogen-bond donors (Lipinski definition) is 1. The van der Waals surface area contributed by atoms with E-state index < -0.39 is 0 Å². The van der Waals surface area contributed by atoms with Gasteiger partial charge in [-0.05, 0) is 27.2 Å². The minimum atomic E-state index is 0.0366. The van der Waals surface area contributed by atoms with Crippen molar-refractivity contribution in [1.82, 2.24) is 10.2 Å². The molecule has 0 bridgehead atoms. The number of nitrogens with one attached hydrogen (secondary N) is 1. The van der Waals surface area contributed by atoms with Crippen molar-refractivity contribution in [2.24, 2.45) is 0 Å². The maximum absolute atomic E-state index is 11.4. The zero-order valence-corrected chi connectivity index (χ0v) is 8.84. The minimum absolute atomic E-state index is 0.0366. The Morgan fingerprint density at radius 3 is 2.46 bits per heavy atom. The smallest absolute Gasteiger partial charge is 0.317 e. The Balaban J connectivity index is 3.60. The molecule has 3 heteroatoms. The summed E-state index contributed by atoms with van der Waals surface area (Å²) in [6.07, 6.45) is 4.94. The highest BCUT2D eigenvalue weighted by Gasteiger charge is 2.06. The molecule has 13 heavy (non-hydrogen) atoms. The fraction of sp³-hybridized carbons (Fsp3) is 0.700. The van der Waals surface area contributed by atoms with Gasteiger partial charge in [0.25, 0.3) is 0 Å². The van der Waals surface area contributed by atoms with Crippen LogP contribution in [0.2, 0.25) is 0 Å². The summed E-state index contributed by atoms with van der Waals surface area (Å²) in [6, 6.07) is 0.0366. The van der Waals surface area contributed by atoms with Crippen LogP contribution in [0.15, 0.2) is 12.2 Å². The highest BCUT2D eigenvalue weighted by molar-refractivity contribution is 5.73. The lowest BCUT2D eigenvalue weighted by Crippen LogP contribution is -2.39. The molecule has 2 amide bonds. The van der Waals surface area contributed by atoms with Gasteiger partial charge in [-0.3, -0.25) is 0 Å². The molecule has 0 rings (SSSR count). The molecule has 0 radical (unpaired) electrons. The second-order valence-corrected chi connectivity index (χ2v) is 2.76. The average molecular weight is 184 g/mol. The SMILES string of the molecule is C/C=C/CCNC(=O)N(CC)CC. The van der Waals surface area contributed by atoms with E-state index in [1.807, 2.05) is 32.9 Å².